The van der Waals surface area contributed by atoms with Crippen LogP contribution in [-0.4, -0.2) is 18.0 Å². The highest BCUT2D eigenvalue weighted by molar-refractivity contribution is 5.14. The van der Waals surface area contributed by atoms with Crippen molar-refractivity contribution in [2.45, 2.75) is 33.7 Å². The van der Waals surface area contributed by atoms with E-state index < -0.39 is 0 Å². The quantitative estimate of drug-likeness (QED) is 0.732. The van der Waals surface area contributed by atoms with Crippen LogP contribution >= 0.6 is 0 Å². The monoisotopic (exact) mass is 217 g/mol. The van der Waals surface area contributed by atoms with Crippen molar-refractivity contribution in [1.82, 2.24) is 4.90 Å². The molecule has 1 aromatic rings. The summed E-state index contributed by atoms with van der Waals surface area (Å²) >= 11 is 0. The van der Waals surface area contributed by atoms with Crippen molar-refractivity contribution in [3.8, 4) is 0 Å². The smallest absolute Gasteiger partial charge is 0.0233 e. The van der Waals surface area contributed by atoms with Gasteiger partial charge in [0.25, 0.3) is 0 Å². The Bertz CT molecular complexity index is 323. The standard InChI is InChI=1S/C15H23N/c1-15(2,3)14-9-10-16(12-14)11-13-7-5-4-6-8-13/h4-8,14H,9-12H2,1-3H3. The van der Waals surface area contributed by atoms with Gasteiger partial charge >= 0.3 is 0 Å². The first-order valence-corrected chi connectivity index (χ1v) is 6.32. The van der Waals surface area contributed by atoms with E-state index in [1.54, 1.807) is 0 Å². The summed E-state index contributed by atoms with van der Waals surface area (Å²) in [6, 6.07) is 10.8. The number of hydrogen-bond donors (Lipinski definition) is 0. The summed E-state index contributed by atoms with van der Waals surface area (Å²) in [7, 11) is 0. The van der Waals surface area contributed by atoms with Gasteiger partial charge in [-0.05, 0) is 29.9 Å². The Morgan fingerprint density at radius 3 is 2.44 bits per heavy atom. The largest absolute Gasteiger partial charge is 0.299 e. The lowest BCUT2D eigenvalue weighted by Gasteiger charge is -2.27. The molecule has 1 aliphatic rings. The highest BCUT2D eigenvalue weighted by Gasteiger charge is 2.31. The molecular formula is C15H23N. The first-order valence-electron chi connectivity index (χ1n) is 6.32. The first-order chi connectivity index (χ1) is 7.55. The van der Waals surface area contributed by atoms with Gasteiger partial charge in [0.1, 0.15) is 0 Å². The molecule has 1 atom stereocenters. The zero-order chi connectivity index (χ0) is 11.6. The molecule has 0 saturated carbocycles. The SMILES string of the molecule is CC(C)(C)C1CCN(Cc2ccccc2)C1. The van der Waals surface area contributed by atoms with Crippen LogP contribution in [-0.2, 0) is 6.54 Å². The Kier molecular flexibility index (Phi) is 3.34. The molecule has 1 unspecified atom stereocenters. The second-order valence-electron chi connectivity index (χ2n) is 6.07. The molecule has 0 aromatic heterocycles. The van der Waals surface area contributed by atoms with Crippen LogP contribution < -0.4 is 0 Å². The van der Waals surface area contributed by atoms with E-state index in [1.807, 2.05) is 0 Å². The summed E-state index contributed by atoms with van der Waals surface area (Å²) < 4.78 is 0. The van der Waals surface area contributed by atoms with Crippen molar-refractivity contribution >= 4 is 0 Å². The number of hydrogen-bond acceptors (Lipinski definition) is 1. The Balaban J connectivity index is 1.91. The fraction of sp³-hybridized carbons (Fsp3) is 0.600. The summed E-state index contributed by atoms with van der Waals surface area (Å²) in [6.45, 7) is 10.7. The van der Waals surface area contributed by atoms with E-state index in [0.29, 0.717) is 5.41 Å². The van der Waals surface area contributed by atoms with Crippen LogP contribution in [0.5, 0.6) is 0 Å². The summed E-state index contributed by atoms with van der Waals surface area (Å²) in [6.07, 6.45) is 1.36. The zero-order valence-corrected chi connectivity index (χ0v) is 10.7. The van der Waals surface area contributed by atoms with E-state index in [0.717, 1.165) is 12.5 Å². The van der Waals surface area contributed by atoms with E-state index in [-0.39, 0.29) is 0 Å². The lowest BCUT2D eigenvalue weighted by molar-refractivity contribution is 0.226. The van der Waals surface area contributed by atoms with Crippen LogP contribution in [0.15, 0.2) is 30.3 Å². The molecule has 16 heavy (non-hydrogen) atoms. The van der Waals surface area contributed by atoms with Gasteiger partial charge in [-0.3, -0.25) is 4.90 Å². The van der Waals surface area contributed by atoms with Gasteiger partial charge in [0.15, 0.2) is 0 Å². The van der Waals surface area contributed by atoms with Crippen LogP contribution in [0.3, 0.4) is 0 Å². The average Bonchev–Trinajstić information content (AvgIpc) is 2.67. The maximum atomic E-state index is 2.59. The molecule has 0 amide bonds. The molecule has 1 nitrogen and oxygen atoms in total. The molecule has 0 N–H and O–H groups in total. The highest BCUT2D eigenvalue weighted by atomic mass is 15.1. The van der Waals surface area contributed by atoms with E-state index in [2.05, 4.69) is 56.0 Å². The minimum atomic E-state index is 0.464. The van der Waals surface area contributed by atoms with Crippen molar-refractivity contribution in [2.75, 3.05) is 13.1 Å². The molecule has 1 heterocycles. The summed E-state index contributed by atoms with van der Waals surface area (Å²) in [5.41, 5.74) is 1.91. The fourth-order valence-electron chi connectivity index (χ4n) is 2.52. The van der Waals surface area contributed by atoms with Gasteiger partial charge in [-0.2, -0.15) is 0 Å². The molecule has 0 spiro atoms. The number of nitrogens with zero attached hydrogens (tertiary/aromatic N) is 1. The molecule has 88 valence electrons. The molecule has 1 heteroatoms. The highest BCUT2D eigenvalue weighted by Crippen LogP contribution is 2.33. The van der Waals surface area contributed by atoms with Crippen LogP contribution in [0, 0.1) is 11.3 Å². The van der Waals surface area contributed by atoms with Crippen molar-refractivity contribution in [1.29, 1.82) is 0 Å². The molecular weight excluding hydrogens is 194 g/mol. The van der Waals surface area contributed by atoms with Crippen LogP contribution in [0.2, 0.25) is 0 Å². The molecule has 1 fully saturated rings. The predicted molar refractivity (Wildman–Crippen MR) is 69.3 cm³/mol. The van der Waals surface area contributed by atoms with Crippen molar-refractivity contribution in [2.24, 2.45) is 11.3 Å². The summed E-state index contributed by atoms with van der Waals surface area (Å²) in [4.78, 5) is 2.59. The number of likely N-dealkylation sites (tertiary alicyclic amines) is 1. The Hall–Kier alpha value is -0.820. The predicted octanol–water partition coefficient (Wildman–Crippen LogP) is 3.55. The van der Waals surface area contributed by atoms with E-state index >= 15 is 0 Å². The van der Waals surface area contributed by atoms with Crippen LogP contribution in [0.25, 0.3) is 0 Å². The van der Waals surface area contributed by atoms with Gasteiger partial charge in [0.05, 0.1) is 0 Å². The lowest BCUT2D eigenvalue weighted by atomic mass is 9.80. The minimum Gasteiger partial charge on any atom is -0.299 e. The second-order valence-corrected chi connectivity index (χ2v) is 6.07. The average molecular weight is 217 g/mol. The van der Waals surface area contributed by atoms with Gasteiger partial charge < -0.3 is 0 Å². The third-order valence-electron chi connectivity index (χ3n) is 3.75. The fourth-order valence-corrected chi connectivity index (χ4v) is 2.52. The lowest BCUT2D eigenvalue weighted by Crippen LogP contribution is -2.25. The first kappa shape index (κ1) is 11.7. The molecule has 2 rings (SSSR count). The number of rotatable bonds is 2. The van der Waals surface area contributed by atoms with Crippen LogP contribution in [0.4, 0.5) is 0 Å². The van der Waals surface area contributed by atoms with Gasteiger partial charge in [-0.25, -0.2) is 0 Å². The van der Waals surface area contributed by atoms with Gasteiger partial charge in [0, 0.05) is 13.1 Å². The topological polar surface area (TPSA) is 3.24 Å². The summed E-state index contributed by atoms with van der Waals surface area (Å²) in [5, 5.41) is 0. The third-order valence-corrected chi connectivity index (χ3v) is 3.75. The van der Waals surface area contributed by atoms with Gasteiger partial charge in [0.2, 0.25) is 0 Å². The molecule has 0 bridgehead atoms. The van der Waals surface area contributed by atoms with Crippen molar-refractivity contribution in [3.63, 3.8) is 0 Å². The number of benzene rings is 1. The maximum Gasteiger partial charge on any atom is 0.0233 e. The van der Waals surface area contributed by atoms with E-state index in [4.69, 9.17) is 0 Å². The third kappa shape index (κ3) is 2.85. The normalized spacial score (nSPS) is 22.6. The van der Waals surface area contributed by atoms with Gasteiger partial charge in [-0.15, -0.1) is 0 Å². The van der Waals surface area contributed by atoms with E-state index in [1.165, 1.54) is 25.1 Å². The Morgan fingerprint density at radius 2 is 1.88 bits per heavy atom. The van der Waals surface area contributed by atoms with E-state index in [9.17, 15) is 0 Å². The Morgan fingerprint density at radius 1 is 1.19 bits per heavy atom. The molecule has 0 radical (unpaired) electrons. The molecule has 0 aliphatic carbocycles. The molecule has 1 aromatic carbocycles. The van der Waals surface area contributed by atoms with Crippen molar-refractivity contribution in [3.05, 3.63) is 35.9 Å². The summed E-state index contributed by atoms with van der Waals surface area (Å²) in [5.74, 6) is 0.858. The molecule has 1 saturated heterocycles. The molecule has 1 aliphatic heterocycles. The second kappa shape index (κ2) is 4.58. The minimum absolute atomic E-state index is 0.464. The maximum absolute atomic E-state index is 2.59. The van der Waals surface area contributed by atoms with Crippen LogP contribution in [0.1, 0.15) is 32.8 Å². The van der Waals surface area contributed by atoms with Crippen molar-refractivity contribution < 1.29 is 0 Å². The Labute approximate surface area is 99.5 Å². The zero-order valence-electron chi connectivity index (χ0n) is 10.7. The van der Waals surface area contributed by atoms with Gasteiger partial charge in [-0.1, -0.05) is 51.1 Å².